The van der Waals surface area contributed by atoms with Crippen LogP contribution in [-0.4, -0.2) is 30.1 Å². The molecule has 1 aliphatic rings. The topological polar surface area (TPSA) is 69.8 Å². The van der Waals surface area contributed by atoms with Crippen LogP contribution >= 0.6 is 0 Å². The Morgan fingerprint density at radius 2 is 2.56 bits per heavy atom. The van der Waals surface area contributed by atoms with Crippen molar-refractivity contribution in [2.45, 2.75) is 12.8 Å². The fourth-order valence-corrected chi connectivity index (χ4v) is 2.28. The van der Waals surface area contributed by atoms with Crippen LogP contribution in [0.2, 0.25) is 0 Å². The van der Waals surface area contributed by atoms with Crippen LogP contribution in [0, 0.1) is 17.2 Å². The Labute approximate surface area is 107 Å². The maximum Gasteiger partial charge on any atom is 0.267 e. The zero-order chi connectivity index (χ0) is 13.0. The lowest BCUT2D eigenvalue weighted by molar-refractivity contribution is 0.0936. The van der Waals surface area contributed by atoms with Crippen LogP contribution in [0.1, 0.15) is 28.9 Å². The van der Waals surface area contributed by atoms with E-state index in [1.807, 2.05) is 6.07 Å². The molecule has 5 heteroatoms. The van der Waals surface area contributed by atoms with Gasteiger partial charge in [0.05, 0.1) is 5.56 Å². The summed E-state index contributed by atoms with van der Waals surface area (Å²) in [5.41, 5.74) is 1.05. The highest BCUT2D eigenvalue weighted by molar-refractivity contribution is 5.93. The number of nitriles is 1. The molecule has 0 saturated carbocycles. The molecule has 1 amide bonds. The summed E-state index contributed by atoms with van der Waals surface area (Å²) >= 11 is 0. The third-order valence-corrected chi connectivity index (χ3v) is 3.32. The van der Waals surface area contributed by atoms with Crippen molar-refractivity contribution in [1.82, 2.24) is 15.2 Å². The highest BCUT2D eigenvalue weighted by Gasteiger charge is 2.16. The van der Waals surface area contributed by atoms with Crippen molar-refractivity contribution in [2.75, 3.05) is 19.6 Å². The molecule has 2 heterocycles. The molecule has 0 bridgehead atoms. The third kappa shape index (κ3) is 2.90. The molecule has 0 spiro atoms. The smallest absolute Gasteiger partial charge is 0.267 e. The molecule has 1 saturated heterocycles. The highest BCUT2D eigenvalue weighted by Crippen LogP contribution is 2.10. The summed E-state index contributed by atoms with van der Waals surface area (Å²) in [5, 5.41) is 15.0. The molecule has 18 heavy (non-hydrogen) atoms. The van der Waals surface area contributed by atoms with E-state index >= 15 is 0 Å². The van der Waals surface area contributed by atoms with Gasteiger partial charge in [-0.05, 0) is 37.9 Å². The molecule has 0 aromatic carbocycles. The van der Waals surface area contributed by atoms with Crippen molar-refractivity contribution in [1.29, 1.82) is 5.26 Å². The summed E-state index contributed by atoms with van der Waals surface area (Å²) in [6, 6.07) is 3.66. The van der Waals surface area contributed by atoms with E-state index in [-0.39, 0.29) is 5.91 Å². The summed E-state index contributed by atoms with van der Waals surface area (Å²) in [6.45, 7) is 2.74. The number of carbonyl (C=O) groups excluding carboxylic acids is 1. The molecular formula is C13H18N4O. The minimum atomic E-state index is -0.107. The molecule has 1 aromatic heterocycles. The summed E-state index contributed by atoms with van der Waals surface area (Å²) in [7, 11) is 1.78. The third-order valence-electron chi connectivity index (χ3n) is 3.32. The van der Waals surface area contributed by atoms with E-state index in [0.29, 0.717) is 23.7 Å². The van der Waals surface area contributed by atoms with E-state index in [4.69, 9.17) is 5.26 Å². The second-order valence-corrected chi connectivity index (χ2v) is 4.76. The monoisotopic (exact) mass is 246 g/mol. The average molecular weight is 246 g/mol. The standard InChI is InChI=1S/C13H18N4O/c1-17-9-11(6-14)5-12(17)13(18)16-8-10-3-2-4-15-7-10/h5,9-10,15H,2-4,7-8H2,1H3,(H,16,18)/t10-/m0/s1. The van der Waals surface area contributed by atoms with Gasteiger partial charge in [0.2, 0.25) is 0 Å². The number of hydrogen-bond donors (Lipinski definition) is 2. The number of rotatable bonds is 3. The number of aryl methyl sites for hydroxylation is 1. The van der Waals surface area contributed by atoms with Gasteiger partial charge in [0.1, 0.15) is 11.8 Å². The number of nitrogens with one attached hydrogen (secondary N) is 2. The van der Waals surface area contributed by atoms with Crippen LogP contribution in [0.3, 0.4) is 0 Å². The maximum absolute atomic E-state index is 12.0. The lowest BCUT2D eigenvalue weighted by atomic mass is 10.00. The normalized spacial score (nSPS) is 19.2. The molecule has 5 nitrogen and oxygen atoms in total. The molecule has 0 unspecified atom stereocenters. The molecule has 0 radical (unpaired) electrons. The van der Waals surface area contributed by atoms with Crippen molar-refractivity contribution in [2.24, 2.45) is 13.0 Å². The van der Waals surface area contributed by atoms with Crippen LogP contribution in [0.4, 0.5) is 0 Å². The summed E-state index contributed by atoms with van der Waals surface area (Å²) in [4.78, 5) is 12.0. The Bertz CT molecular complexity index is 466. The van der Waals surface area contributed by atoms with Gasteiger partial charge in [-0.1, -0.05) is 0 Å². The minimum Gasteiger partial charge on any atom is -0.350 e. The largest absolute Gasteiger partial charge is 0.350 e. The highest BCUT2D eigenvalue weighted by atomic mass is 16.1. The Morgan fingerprint density at radius 3 is 3.17 bits per heavy atom. The number of nitrogens with zero attached hydrogens (tertiary/aromatic N) is 2. The van der Waals surface area contributed by atoms with Crippen LogP contribution < -0.4 is 10.6 Å². The number of carbonyl (C=O) groups is 1. The Hall–Kier alpha value is -1.80. The van der Waals surface area contributed by atoms with Gasteiger partial charge < -0.3 is 15.2 Å². The first-order valence-electron chi connectivity index (χ1n) is 6.26. The van der Waals surface area contributed by atoms with Gasteiger partial charge in [-0.3, -0.25) is 4.79 Å². The van der Waals surface area contributed by atoms with Crippen molar-refractivity contribution in [3.63, 3.8) is 0 Å². The van der Waals surface area contributed by atoms with Crippen molar-refractivity contribution < 1.29 is 4.79 Å². The Kier molecular flexibility index (Phi) is 4.00. The Balaban J connectivity index is 1.91. The number of aromatic nitrogens is 1. The Morgan fingerprint density at radius 1 is 1.72 bits per heavy atom. The second-order valence-electron chi connectivity index (χ2n) is 4.76. The molecule has 1 aromatic rings. The molecular weight excluding hydrogens is 228 g/mol. The van der Waals surface area contributed by atoms with Gasteiger partial charge in [0.15, 0.2) is 0 Å². The summed E-state index contributed by atoms with van der Waals surface area (Å²) in [6.07, 6.45) is 3.99. The number of piperidine rings is 1. The van der Waals surface area contributed by atoms with E-state index < -0.39 is 0 Å². The first-order valence-corrected chi connectivity index (χ1v) is 6.26. The van der Waals surface area contributed by atoms with E-state index in [0.717, 1.165) is 19.5 Å². The average Bonchev–Trinajstić information content (AvgIpc) is 2.78. The molecule has 1 fully saturated rings. The molecule has 0 aliphatic carbocycles. The predicted molar refractivity (Wildman–Crippen MR) is 68.1 cm³/mol. The quantitative estimate of drug-likeness (QED) is 0.821. The lowest BCUT2D eigenvalue weighted by Crippen LogP contribution is -2.38. The number of amides is 1. The molecule has 2 N–H and O–H groups in total. The zero-order valence-corrected chi connectivity index (χ0v) is 10.6. The van der Waals surface area contributed by atoms with Crippen LogP contribution in [0.15, 0.2) is 12.3 Å². The minimum absolute atomic E-state index is 0.107. The van der Waals surface area contributed by atoms with Gasteiger partial charge >= 0.3 is 0 Å². The van der Waals surface area contributed by atoms with E-state index in [2.05, 4.69) is 10.6 Å². The van der Waals surface area contributed by atoms with E-state index in [1.54, 1.807) is 23.9 Å². The zero-order valence-electron chi connectivity index (χ0n) is 10.6. The summed E-state index contributed by atoms with van der Waals surface area (Å²) < 4.78 is 1.69. The fourth-order valence-electron chi connectivity index (χ4n) is 2.28. The van der Waals surface area contributed by atoms with Crippen molar-refractivity contribution >= 4 is 5.91 Å². The van der Waals surface area contributed by atoms with Gasteiger partial charge in [0.25, 0.3) is 5.91 Å². The SMILES string of the molecule is Cn1cc(C#N)cc1C(=O)NC[C@H]1CCCNC1. The predicted octanol–water partition coefficient (Wildman–Crippen LogP) is 0.626. The van der Waals surface area contributed by atoms with Crippen LogP contribution in [0.5, 0.6) is 0 Å². The van der Waals surface area contributed by atoms with Gasteiger partial charge in [0, 0.05) is 19.8 Å². The molecule has 1 aliphatic heterocycles. The first kappa shape index (κ1) is 12.7. The first-order chi connectivity index (χ1) is 8.70. The number of hydrogen-bond acceptors (Lipinski definition) is 3. The van der Waals surface area contributed by atoms with Gasteiger partial charge in [-0.25, -0.2) is 0 Å². The van der Waals surface area contributed by atoms with E-state index in [9.17, 15) is 4.79 Å². The summed E-state index contributed by atoms with van der Waals surface area (Å²) in [5.74, 6) is 0.406. The molecule has 1 atom stereocenters. The van der Waals surface area contributed by atoms with Crippen LogP contribution in [0.25, 0.3) is 0 Å². The lowest BCUT2D eigenvalue weighted by Gasteiger charge is -2.22. The fraction of sp³-hybridized carbons (Fsp3) is 0.538. The van der Waals surface area contributed by atoms with Crippen molar-refractivity contribution in [3.05, 3.63) is 23.5 Å². The van der Waals surface area contributed by atoms with Gasteiger partial charge in [-0.2, -0.15) is 5.26 Å². The maximum atomic E-state index is 12.0. The molecule has 96 valence electrons. The molecule has 2 rings (SSSR count). The second kappa shape index (κ2) is 5.69. The van der Waals surface area contributed by atoms with Crippen molar-refractivity contribution in [3.8, 4) is 6.07 Å². The van der Waals surface area contributed by atoms with Gasteiger partial charge in [-0.15, -0.1) is 0 Å². The van der Waals surface area contributed by atoms with Crippen LogP contribution in [-0.2, 0) is 7.05 Å². The van der Waals surface area contributed by atoms with E-state index in [1.165, 1.54) is 6.42 Å².